The maximum absolute atomic E-state index is 13.4. The maximum atomic E-state index is 13.4. The number of rotatable bonds is 6. The summed E-state index contributed by atoms with van der Waals surface area (Å²) in [4.78, 5) is 0. The molecule has 1 aliphatic heterocycles. The van der Waals surface area contributed by atoms with Crippen molar-refractivity contribution >= 4 is 13.3 Å². The molecule has 25 heavy (non-hydrogen) atoms. The first-order valence-electron chi connectivity index (χ1n) is 8.52. The summed E-state index contributed by atoms with van der Waals surface area (Å²) in [6.07, 6.45) is -0.429. The molecule has 0 bridgehead atoms. The molecule has 0 aromatic heterocycles. The van der Waals surface area contributed by atoms with Gasteiger partial charge in [-0.05, 0) is 50.6 Å². The maximum Gasteiger partial charge on any atom is 0.357 e. The van der Waals surface area contributed by atoms with Gasteiger partial charge in [-0.1, -0.05) is 30.3 Å². The van der Waals surface area contributed by atoms with Crippen LogP contribution in [0.4, 0.5) is 5.69 Å². The molecule has 0 aliphatic carbocycles. The van der Waals surface area contributed by atoms with Gasteiger partial charge in [-0.3, -0.25) is 4.57 Å². The Hall–Kier alpha value is -1.81. The molecule has 1 saturated heterocycles. The van der Waals surface area contributed by atoms with Crippen molar-refractivity contribution in [2.24, 2.45) is 0 Å². The molecular formula is C19H24NO4P. The Balaban J connectivity index is 1.93. The summed E-state index contributed by atoms with van der Waals surface area (Å²) in [5.41, 5.74) is 1.69. The zero-order valence-corrected chi connectivity index (χ0v) is 15.6. The van der Waals surface area contributed by atoms with Crippen LogP contribution < -0.4 is 10.1 Å². The van der Waals surface area contributed by atoms with Crippen molar-refractivity contribution < 1.29 is 18.3 Å². The largest absolute Gasteiger partial charge is 0.494 e. The van der Waals surface area contributed by atoms with Crippen molar-refractivity contribution in [3.05, 3.63) is 60.2 Å². The number of anilines is 1. The van der Waals surface area contributed by atoms with E-state index in [4.69, 9.17) is 13.8 Å². The van der Waals surface area contributed by atoms with Gasteiger partial charge in [0.25, 0.3) is 0 Å². The van der Waals surface area contributed by atoms with E-state index < -0.39 is 13.4 Å². The molecule has 1 N–H and O–H groups in total. The zero-order chi connectivity index (χ0) is 17.9. The molecule has 0 saturated carbocycles. The zero-order valence-electron chi connectivity index (χ0n) is 14.7. The van der Waals surface area contributed by atoms with Crippen LogP contribution in [-0.2, 0) is 13.6 Å². The second kappa shape index (κ2) is 7.61. The number of para-hydroxylation sites is 1. The molecule has 3 rings (SSSR count). The van der Waals surface area contributed by atoms with E-state index >= 15 is 0 Å². The molecule has 5 nitrogen and oxygen atoms in total. The minimum atomic E-state index is -3.36. The molecule has 0 radical (unpaired) electrons. The van der Waals surface area contributed by atoms with E-state index in [1.54, 1.807) is 0 Å². The summed E-state index contributed by atoms with van der Waals surface area (Å²) >= 11 is 0. The summed E-state index contributed by atoms with van der Waals surface area (Å²) in [6, 6.07) is 17.2. The fourth-order valence-corrected chi connectivity index (χ4v) is 5.14. The number of hydrogen-bond acceptors (Lipinski definition) is 5. The van der Waals surface area contributed by atoms with E-state index in [1.165, 1.54) is 0 Å². The van der Waals surface area contributed by atoms with Crippen LogP contribution in [0.3, 0.4) is 0 Å². The van der Waals surface area contributed by atoms with Crippen molar-refractivity contribution in [3.8, 4) is 5.75 Å². The van der Waals surface area contributed by atoms with Gasteiger partial charge < -0.3 is 19.1 Å². The lowest BCUT2D eigenvalue weighted by Gasteiger charge is -2.25. The van der Waals surface area contributed by atoms with Gasteiger partial charge in [0.1, 0.15) is 5.75 Å². The molecule has 2 aromatic rings. The third kappa shape index (κ3) is 4.06. The quantitative estimate of drug-likeness (QED) is 0.716. The Bertz CT molecular complexity index is 721. The lowest BCUT2D eigenvalue weighted by molar-refractivity contribution is 0.187. The second-order valence-corrected chi connectivity index (χ2v) is 8.09. The van der Waals surface area contributed by atoms with Crippen molar-refractivity contribution in [1.29, 1.82) is 0 Å². The van der Waals surface area contributed by atoms with Gasteiger partial charge in [0.2, 0.25) is 0 Å². The van der Waals surface area contributed by atoms with Crippen molar-refractivity contribution in [2.45, 2.75) is 38.8 Å². The Morgan fingerprint density at radius 1 is 1.04 bits per heavy atom. The molecule has 1 heterocycles. The average Bonchev–Trinajstić information content (AvgIpc) is 2.88. The normalized spacial score (nSPS) is 27.0. The number of nitrogens with one attached hydrogen (secondary N) is 1. The van der Waals surface area contributed by atoms with E-state index in [2.05, 4.69) is 5.32 Å². The van der Waals surface area contributed by atoms with Crippen LogP contribution in [0.25, 0.3) is 0 Å². The summed E-state index contributed by atoms with van der Waals surface area (Å²) < 4.78 is 30.4. The molecule has 1 fully saturated rings. The predicted octanol–water partition coefficient (Wildman–Crippen LogP) is 5.21. The Morgan fingerprint density at radius 2 is 1.64 bits per heavy atom. The first kappa shape index (κ1) is 18.0. The van der Waals surface area contributed by atoms with Gasteiger partial charge in [0.05, 0.1) is 18.8 Å². The fourth-order valence-electron chi connectivity index (χ4n) is 2.73. The van der Waals surface area contributed by atoms with Crippen LogP contribution in [0.5, 0.6) is 5.75 Å². The minimum Gasteiger partial charge on any atom is -0.494 e. The standard InChI is InChI=1S/C19H24NO4P/c1-4-22-18-12-10-16(11-13-18)19(20-17-8-6-5-7-9-17)25(21)23-14(2)15(3)24-25/h5-15,19-20H,4H2,1-3H3/t14-,15+,19-,25?/m0/s1. The van der Waals surface area contributed by atoms with E-state index in [0.717, 1.165) is 17.0 Å². The number of benzene rings is 2. The van der Waals surface area contributed by atoms with Crippen LogP contribution in [0.1, 0.15) is 32.1 Å². The third-order valence-corrected chi connectivity index (χ3v) is 6.50. The van der Waals surface area contributed by atoms with Gasteiger partial charge in [-0.15, -0.1) is 0 Å². The van der Waals surface area contributed by atoms with Gasteiger partial charge in [-0.25, -0.2) is 0 Å². The van der Waals surface area contributed by atoms with E-state index in [1.807, 2.05) is 75.4 Å². The first-order chi connectivity index (χ1) is 12.0. The molecule has 2 aromatic carbocycles. The monoisotopic (exact) mass is 361 g/mol. The Kier molecular flexibility index (Phi) is 5.48. The molecule has 6 heteroatoms. The van der Waals surface area contributed by atoms with Crippen molar-refractivity contribution in [2.75, 3.05) is 11.9 Å². The Morgan fingerprint density at radius 3 is 2.20 bits per heavy atom. The van der Waals surface area contributed by atoms with Gasteiger partial charge in [0.15, 0.2) is 5.78 Å². The highest BCUT2D eigenvalue weighted by Gasteiger charge is 2.47. The molecule has 0 amide bonds. The SMILES string of the molecule is CCOc1ccc([C@@H](Nc2ccccc2)P2(=O)O[C@@H](C)[C@@H](C)O2)cc1. The highest BCUT2D eigenvalue weighted by Crippen LogP contribution is 2.66. The average molecular weight is 361 g/mol. The van der Waals surface area contributed by atoms with Crippen molar-refractivity contribution in [3.63, 3.8) is 0 Å². The number of hydrogen-bond donors (Lipinski definition) is 1. The van der Waals surface area contributed by atoms with E-state index in [-0.39, 0.29) is 12.2 Å². The minimum absolute atomic E-state index is 0.214. The molecule has 0 spiro atoms. The van der Waals surface area contributed by atoms with Crippen molar-refractivity contribution in [1.82, 2.24) is 0 Å². The lowest BCUT2D eigenvalue weighted by atomic mass is 10.2. The molecule has 134 valence electrons. The van der Waals surface area contributed by atoms with Crippen LogP contribution in [-0.4, -0.2) is 18.8 Å². The third-order valence-electron chi connectivity index (χ3n) is 4.19. The lowest BCUT2D eigenvalue weighted by Crippen LogP contribution is -2.13. The van der Waals surface area contributed by atoms with Gasteiger partial charge >= 0.3 is 7.60 Å². The highest BCUT2D eigenvalue weighted by atomic mass is 31.2. The Labute approximate surface area is 148 Å². The highest BCUT2D eigenvalue weighted by molar-refractivity contribution is 7.54. The van der Waals surface area contributed by atoms with Gasteiger partial charge in [0, 0.05) is 5.69 Å². The summed E-state index contributed by atoms with van der Waals surface area (Å²) in [5.74, 6) is 0.191. The van der Waals surface area contributed by atoms with Crippen LogP contribution in [0.15, 0.2) is 54.6 Å². The van der Waals surface area contributed by atoms with Crippen LogP contribution in [0, 0.1) is 0 Å². The fraction of sp³-hybridized carbons (Fsp3) is 0.368. The molecule has 1 unspecified atom stereocenters. The first-order valence-corrected chi connectivity index (χ1v) is 10.1. The predicted molar refractivity (Wildman–Crippen MR) is 99.1 cm³/mol. The van der Waals surface area contributed by atoms with E-state index in [0.29, 0.717) is 6.61 Å². The molecular weight excluding hydrogens is 337 g/mol. The second-order valence-electron chi connectivity index (χ2n) is 6.08. The summed E-state index contributed by atoms with van der Waals surface area (Å²) in [7, 11) is -3.36. The summed E-state index contributed by atoms with van der Waals surface area (Å²) in [5, 5.41) is 3.32. The van der Waals surface area contributed by atoms with Crippen LogP contribution >= 0.6 is 7.60 Å². The smallest absolute Gasteiger partial charge is 0.357 e. The van der Waals surface area contributed by atoms with E-state index in [9.17, 15) is 4.57 Å². The molecule has 4 atom stereocenters. The van der Waals surface area contributed by atoms with Gasteiger partial charge in [-0.2, -0.15) is 0 Å². The molecule has 1 aliphatic rings. The van der Waals surface area contributed by atoms with Crippen LogP contribution in [0.2, 0.25) is 0 Å². The number of ether oxygens (including phenoxy) is 1. The topological polar surface area (TPSA) is 56.8 Å². The summed E-state index contributed by atoms with van der Waals surface area (Å²) in [6.45, 7) is 6.30.